The van der Waals surface area contributed by atoms with Gasteiger partial charge in [0.2, 0.25) is 0 Å². The minimum atomic E-state index is 0.210. The van der Waals surface area contributed by atoms with E-state index < -0.39 is 0 Å². The Labute approximate surface area is 118 Å². The molecule has 2 N–H and O–H groups in total. The molecule has 1 atom stereocenters. The predicted octanol–water partition coefficient (Wildman–Crippen LogP) is 2.77. The fourth-order valence-electron chi connectivity index (χ4n) is 2.82. The monoisotopic (exact) mass is 270 g/mol. The minimum Gasteiger partial charge on any atom is -0.472 e. The first-order chi connectivity index (χ1) is 9.78. The summed E-state index contributed by atoms with van der Waals surface area (Å²) in [7, 11) is 1.55. The average molecular weight is 270 g/mol. The molecule has 1 aromatic heterocycles. The first kappa shape index (κ1) is 12.8. The number of ether oxygens (including phenoxy) is 1. The summed E-state index contributed by atoms with van der Waals surface area (Å²) in [5.41, 5.74) is 10.8. The Kier molecular flexibility index (Phi) is 3.46. The van der Waals surface area contributed by atoms with Gasteiger partial charge in [0, 0.05) is 5.56 Å². The van der Waals surface area contributed by atoms with E-state index in [4.69, 9.17) is 14.9 Å². The highest BCUT2D eigenvalue weighted by Crippen LogP contribution is 2.32. The van der Waals surface area contributed by atoms with Gasteiger partial charge in [-0.05, 0) is 42.0 Å². The van der Waals surface area contributed by atoms with Gasteiger partial charge < -0.3 is 14.9 Å². The third-order valence-electron chi connectivity index (χ3n) is 3.81. The number of benzene rings is 1. The third kappa shape index (κ3) is 2.41. The quantitative estimate of drug-likeness (QED) is 0.674. The van der Waals surface area contributed by atoms with Gasteiger partial charge in [0.25, 0.3) is 6.02 Å². The number of nitrogens with zero attached hydrogens (tertiary/aromatic N) is 1. The molecule has 0 spiro atoms. The summed E-state index contributed by atoms with van der Waals surface area (Å²) < 4.78 is 10.1. The van der Waals surface area contributed by atoms with Crippen LogP contribution in [0.3, 0.4) is 0 Å². The van der Waals surface area contributed by atoms with E-state index in [-0.39, 0.29) is 12.1 Å². The summed E-state index contributed by atoms with van der Waals surface area (Å²) >= 11 is 0. The van der Waals surface area contributed by atoms with Crippen molar-refractivity contribution in [2.24, 2.45) is 10.7 Å². The summed E-state index contributed by atoms with van der Waals surface area (Å²) in [6.45, 7) is 0. The Morgan fingerprint density at radius 1 is 1.40 bits per heavy atom. The lowest BCUT2D eigenvalue weighted by Crippen LogP contribution is -2.23. The van der Waals surface area contributed by atoms with E-state index in [2.05, 4.69) is 23.2 Å². The summed E-state index contributed by atoms with van der Waals surface area (Å²) in [5, 5.41) is 0. The van der Waals surface area contributed by atoms with Crippen LogP contribution >= 0.6 is 0 Å². The molecule has 0 bridgehead atoms. The van der Waals surface area contributed by atoms with Gasteiger partial charge in [0.15, 0.2) is 0 Å². The Morgan fingerprint density at radius 3 is 3.05 bits per heavy atom. The molecule has 3 rings (SSSR count). The van der Waals surface area contributed by atoms with Crippen molar-refractivity contribution >= 4 is 6.02 Å². The van der Waals surface area contributed by atoms with Gasteiger partial charge in [-0.3, -0.25) is 0 Å². The van der Waals surface area contributed by atoms with Crippen molar-refractivity contribution in [3.63, 3.8) is 0 Å². The lowest BCUT2D eigenvalue weighted by atomic mass is 9.84. The molecule has 1 heterocycles. The van der Waals surface area contributed by atoms with Gasteiger partial charge in [0.1, 0.15) is 0 Å². The number of methoxy groups -OCH3 is 1. The highest BCUT2D eigenvalue weighted by atomic mass is 16.5. The van der Waals surface area contributed by atoms with Gasteiger partial charge in [-0.25, -0.2) is 4.99 Å². The Balaban J connectivity index is 1.91. The number of fused-ring (bicyclic) bond motifs is 1. The number of hydrogen-bond acceptors (Lipinski definition) is 3. The van der Waals surface area contributed by atoms with E-state index in [0.717, 1.165) is 24.8 Å². The van der Waals surface area contributed by atoms with Crippen LogP contribution in [0.15, 0.2) is 46.2 Å². The number of hydrogen-bond donors (Lipinski definition) is 1. The molecule has 1 aliphatic rings. The Bertz CT molecular complexity index is 617. The molecule has 0 radical (unpaired) electrons. The van der Waals surface area contributed by atoms with Crippen molar-refractivity contribution in [2.75, 3.05) is 7.11 Å². The van der Waals surface area contributed by atoms with Gasteiger partial charge >= 0.3 is 0 Å². The second-order valence-electron chi connectivity index (χ2n) is 5.02. The molecular formula is C16H18N2O2. The van der Waals surface area contributed by atoms with Gasteiger partial charge in [-0.15, -0.1) is 0 Å². The molecule has 2 aromatic rings. The molecule has 1 unspecified atom stereocenters. The molecule has 0 amide bonds. The molecule has 0 fully saturated rings. The van der Waals surface area contributed by atoms with E-state index in [1.807, 2.05) is 6.07 Å². The first-order valence-corrected chi connectivity index (χ1v) is 6.78. The third-order valence-corrected chi connectivity index (χ3v) is 3.81. The number of aliphatic imine (C=N–C) groups is 1. The topological polar surface area (TPSA) is 60.8 Å². The van der Waals surface area contributed by atoms with Crippen LogP contribution in [0.5, 0.6) is 0 Å². The van der Waals surface area contributed by atoms with Crippen LogP contribution in [0, 0.1) is 0 Å². The van der Waals surface area contributed by atoms with Crippen molar-refractivity contribution in [1.29, 1.82) is 0 Å². The molecule has 0 aliphatic heterocycles. The van der Waals surface area contributed by atoms with Crippen LogP contribution in [-0.4, -0.2) is 19.2 Å². The smallest absolute Gasteiger partial charge is 0.281 e. The summed E-state index contributed by atoms with van der Waals surface area (Å²) in [6, 6.07) is 8.89. The van der Waals surface area contributed by atoms with Crippen LogP contribution in [0.2, 0.25) is 0 Å². The lowest BCUT2D eigenvalue weighted by Gasteiger charge is -2.24. The second kappa shape index (κ2) is 5.41. The van der Waals surface area contributed by atoms with E-state index in [9.17, 15) is 0 Å². The second-order valence-corrected chi connectivity index (χ2v) is 5.02. The zero-order chi connectivity index (χ0) is 13.9. The normalized spacial score (nSPS) is 18.6. The first-order valence-electron chi connectivity index (χ1n) is 6.78. The maximum absolute atomic E-state index is 5.65. The summed E-state index contributed by atoms with van der Waals surface area (Å²) in [6.07, 6.45) is 6.41. The summed E-state index contributed by atoms with van der Waals surface area (Å²) in [5.74, 6) is 0. The standard InChI is InChI=1S/C16H18N2O2/c1-19-16(17)18-13-5-6-15-11(9-13)3-2-4-14(15)12-7-8-20-10-12/h2-4,7-8,10,13H,5-6,9H2,1H3,(H2,17,18). The van der Waals surface area contributed by atoms with Gasteiger partial charge in [-0.2, -0.15) is 0 Å². The number of amidine groups is 1. The molecule has 1 aromatic carbocycles. The molecular weight excluding hydrogens is 252 g/mol. The molecule has 0 saturated carbocycles. The molecule has 20 heavy (non-hydrogen) atoms. The van der Waals surface area contributed by atoms with Crippen molar-refractivity contribution in [2.45, 2.75) is 25.3 Å². The molecule has 4 nitrogen and oxygen atoms in total. The zero-order valence-corrected chi connectivity index (χ0v) is 11.5. The van der Waals surface area contributed by atoms with Crippen molar-refractivity contribution in [1.82, 2.24) is 0 Å². The minimum absolute atomic E-state index is 0.210. The van der Waals surface area contributed by atoms with Crippen molar-refractivity contribution in [3.05, 3.63) is 47.9 Å². The highest BCUT2D eigenvalue weighted by Gasteiger charge is 2.21. The Morgan fingerprint density at radius 2 is 2.30 bits per heavy atom. The van der Waals surface area contributed by atoms with Gasteiger partial charge in [-0.1, -0.05) is 18.2 Å². The Hall–Kier alpha value is -2.23. The highest BCUT2D eigenvalue weighted by molar-refractivity contribution is 5.72. The molecule has 104 valence electrons. The van der Waals surface area contributed by atoms with E-state index in [1.54, 1.807) is 19.6 Å². The maximum Gasteiger partial charge on any atom is 0.281 e. The van der Waals surface area contributed by atoms with E-state index >= 15 is 0 Å². The average Bonchev–Trinajstić information content (AvgIpc) is 3.00. The van der Waals surface area contributed by atoms with Crippen LogP contribution in [0.1, 0.15) is 17.5 Å². The fraction of sp³-hybridized carbons (Fsp3) is 0.312. The van der Waals surface area contributed by atoms with Crippen molar-refractivity contribution in [3.8, 4) is 11.1 Å². The SMILES string of the molecule is COC(N)=NC1CCc2c(cccc2-c2ccoc2)C1. The van der Waals surface area contributed by atoms with Crippen LogP contribution < -0.4 is 5.73 Å². The summed E-state index contributed by atoms with van der Waals surface area (Å²) in [4.78, 5) is 4.40. The predicted molar refractivity (Wildman–Crippen MR) is 78.6 cm³/mol. The van der Waals surface area contributed by atoms with Crippen molar-refractivity contribution < 1.29 is 9.15 Å². The number of furan rings is 1. The zero-order valence-electron chi connectivity index (χ0n) is 11.5. The molecule has 4 heteroatoms. The number of rotatable bonds is 2. The molecule has 0 saturated heterocycles. The van der Waals surface area contributed by atoms with E-state index in [0.29, 0.717) is 0 Å². The largest absolute Gasteiger partial charge is 0.472 e. The lowest BCUT2D eigenvalue weighted by molar-refractivity contribution is 0.388. The van der Waals surface area contributed by atoms with Crippen LogP contribution in [-0.2, 0) is 17.6 Å². The molecule has 1 aliphatic carbocycles. The van der Waals surface area contributed by atoms with Crippen LogP contribution in [0.4, 0.5) is 0 Å². The van der Waals surface area contributed by atoms with E-state index in [1.165, 1.54) is 16.7 Å². The maximum atomic E-state index is 5.65. The number of nitrogens with two attached hydrogens (primary N) is 1. The van der Waals surface area contributed by atoms with Gasteiger partial charge in [0.05, 0.1) is 25.7 Å². The van der Waals surface area contributed by atoms with Crippen LogP contribution in [0.25, 0.3) is 11.1 Å². The fourth-order valence-corrected chi connectivity index (χ4v) is 2.82.